The maximum atomic E-state index is 12.2. The van der Waals surface area contributed by atoms with E-state index in [-0.39, 0.29) is 23.2 Å². The number of benzene rings is 2. The number of carbonyl (C=O) groups is 1. The highest BCUT2D eigenvalue weighted by molar-refractivity contribution is 5.86. The standard InChI is InChI=1S/C23H25N7O5/c1-28-10-12-29(13-11-28)17-6-7-19(20(15-17)34-2)26-22-24-9-8-21(27-22)35-23(31)25-16-4-3-5-18(14-16)30(32)33/h3-9,14-15H,10-13H2,1-2H3,(H,25,31)(H,24,26,27). The van der Waals surface area contributed by atoms with E-state index >= 15 is 0 Å². The highest BCUT2D eigenvalue weighted by Crippen LogP contribution is 2.32. The zero-order valence-electron chi connectivity index (χ0n) is 19.3. The predicted molar refractivity (Wildman–Crippen MR) is 131 cm³/mol. The van der Waals surface area contributed by atoms with Gasteiger partial charge >= 0.3 is 6.09 Å². The Hall–Kier alpha value is -4.45. The zero-order chi connectivity index (χ0) is 24.8. The Labute approximate surface area is 201 Å². The van der Waals surface area contributed by atoms with E-state index in [1.54, 1.807) is 7.11 Å². The van der Waals surface area contributed by atoms with Gasteiger partial charge in [-0.05, 0) is 25.2 Å². The molecule has 1 aliphatic heterocycles. The first-order chi connectivity index (χ1) is 16.9. The van der Waals surface area contributed by atoms with Gasteiger partial charge in [-0.15, -0.1) is 0 Å². The summed E-state index contributed by atoms with van der Waals surface area (Å²) in [6.07, 6.45) is 0.598. The normalized spacial score (nSPS) is 13.7. The third kappa shape index (κ3) is 6.12. The van der Waals surface area contributed by atoms with Crippen molar-refractivity contribution in [3.63, 3.8) is 0 Å². The van der Waals surface area contributed by atoms with E-state index in [2.05, 4.69) is 37.4 Å². The minimum absolute atomic E-state index is 0.00143. The molecule has 0 saturated carbocycles. The molecule has 0 atom stereocenters. The van der Waals surface area contributed by atoms with Gasteiger partial charge in [0.2, 0.25) is 11.8 Å². The number of hydrogen-bond acceptors (Lipinski definition) is 10. The summed E-state index contributed by atoms with van der Waals surface area (Å²) < 4.78 is 10.8. The number of hydrogen-bond donors (Lipinski definition) is 2. The number of nitro groups is 1. The van der Waals surface area contributed by atoms with Gasteiger partial charge in [0, 0.05) is 62.3 Å². The van der Waals surface area contributed by atoms with Crippen LogP contribution < -0.4 is 25.0 Å². The van der Waals surface area contributed by atoms with Gasteiger partial charge in [-0.3, -0.25) is 15.4 Å². The molecule has 0 radical (unpaired) electrons. The largest absolute Gasteiger partial charge is 0.494 e. The molecule has 1 saturated heterocycles. The number of nitrogens with zero attached hydrogens (tertiary/aromatic N) is 5. The van der Waals surface area contributed by atoms with Crippen molar-refractivity contribution in [2.45, 2.75) is 0 Å². The molecule has 0 spiro atoms. The Morgan fingerprint density at radius 2 is 1.91 bits per heavy atom. The lowest BCUT2D eigenvalue weighted by Crippen LogP contribution is -2.44. The molecule has 12 nitrogen and oxygen atoms in total. The van der Waals surface area contributed by atoms with Crippen molar-refractivity contribution in [2.75, 3.05) is 55.9 Å². The Morgan fingerprint density at radius 1 is 1.11 bits per heavy atom. The second-order valence-corrected chi connectivity index (χ2v) is 7.84. The first-order valence-corrected chi connectivity index (χ1v) is 10.9. The van der Waals surface area contributed by atoms with E-state index in [0.717, 1.165) is 31.9 Å². The third-order valence-corrected chi connectivity index (χ3v) is 5.43. The van der Waals surface area contributed by atoms with Crippen LogP contribution in [0.4, 0.5) is 33.5 Å². The topological polar surface area (TPSA) is 135 Å². The Balaban J connectivity index is 1.42. The lowest BCUT2D eigenvalue weighted by Gasteiger charge is -2.34. The minimum Gasteiger partial charge on any atom is -0.494 e. The molecule has 3 aromatic rings. The Morgan fingerprint density at radius 3 is 2.66 bits per heavy atom. The van der Waals surface area contributed by atoms with Crippen LogP contribution in [-0.4, -0.2) is 66.2 Å². The highest BCUT2D eigenvalue weighted by atomic mass is 16.6. The lowest BCUT2D eigenvalue weighted by molar-refractivity contribution is -0.384. The number of methoxy groups -OCH3 is 1. The van der Waals surface area contributed by atoms with E-state index in [4.69, 9.17) is 9.47 Å². The molecular formula is C23H25N7O5. The maximum absolute atomic E-state index is 12.2. The summed E-state index contributed by atoms with van der Waals surface area (Å²) in [6.45, 7) is 3.87. The van der Waals surface area contributed by atoms with Crippen LogP contribution in [-0.2, 0) is 0 Å². The third-order valence-electron chi connectivity index (χ3n) is 5.43. The number of aromatic nitrogens is 2. The molecule has 1 aromatic heterocycles. The molecule has 35 heavy (non-hydrogen) atoms. The van der Waals surface area contributed by atoms with Crippen molar-refractivity contribution < 1.29 is 19.2 Å². The second-order valence-electron chi connectivity index (χ2n) is 7.84. The highest BCUT2D eigenvalue weighted by Gasteiger charge is 2.17. The zero-order valence-corrected chi connectivity index (χ0v) is 19.3. The number of rotatable bonds is 7. The molecule has 12 heteroatoms. The van der Waals surface area contributed by atoms with Gasteiger partial charge < -0.3 is 24.6 Å². The van der Waals surface area contributed by atoms with Crippen LogP contribution >= 0.6 is 0 Å². The van der Waals surface area contributed by atoms with Crippen LogP contribution in [0, 0.1) is 10.1 Å². The summed E-state index contributed by atoms with van der Waals surface area (Å²) in [7, 11) is 3.70. The van der Waals surface area contributed by atoms with E-state index < -0.39 is 11.0 Å². The second kappa shape index (κ2) is 10.7. The van der Waals surface area contributed by atoms with E-state index in [0.29, 0.717) is 11.4 Å². The Bertz CT molecular complexity index is 1210. The van der Waals surface area contributed by atoms with Crippen LogP contribution in [0.25, 0.3) is 0 Å². The smallest absolute Gasteiger partial charge is 0.418 e. The fourth-order valence-electron chi connectivity index (χ4n) is 3.56. The molecule has 2 heterocycles. The van der Waals surface area contributed by atoms with Gasteiger partial charge in [-0.1, -0.05) is 6.07 Å². The molecule has 0 bridgehead atoms. The van der Waals surface area contributed by atoms with Gasteiger partial charge in [-0.25, -0.2) is 9.78 Å². The minimum atomic E-state index is -0.843. The SMILES string of the molecule is COc1cc(N2CCN(C)CC2)ccc1Nc1nccc(OC(=O)Nc2cccc([N+](=O)[O-])c2)n1. The maximum Gasteiger partial charge on any atom is 0.418 e. The van der Waals surface area contributed by atoms with Crippen LogP contribution in [0.2, 0.25) is 0 Å². The summed E-state index contributed by atoms with van der Waals surface area (Å²) in [4.78, 5) is 35.6. The van der Waals surface area contributed by atoms with Crippen molar-refractivity contribution in [2.24, 2.45) is 0 Å². The van der Waals surface area contributed by atoms with E-state index in [1.807, 2.05) is 18.2 Å². The first-order valence-electron chi connectivity index (χ1n) is 10.9. The van der Waals surface area contributed by atoms with E-state index in [1.165, 1.54) is 36.5 Å². The summed E-state index contributed by atoms with van der Waals surface area (Å²) in [5, 5.41) is 16.4. The van der Waals surface area contributed by atoms with Gasteiger partial charge in [0.05, 0.1) is 23.4 Å². The molecule has 2 N–H and O–H groups in total. The van der Waals surface area contributed by atoms with Crippen LogP contribution in [0.1, 0.15) is 0 Å². The van der Waals surface area contributed by atoms with Gasteiger partial charge in [-0.2, -0.15) is 4.98 Å². The predicted octanol–water partition coefficient (Wildman–Crippen LogP) is 3.50. The van der Waals surface area contributed by atoms with Crippen molar-refractivity contribution >= 4 is 34.8 Å². The number of anilines is 4. The van der Waals surface area contributed by atoms with Crippen molar-refractivity contribution in [3.05, 3.63) is 64.8 Å². The van der Waals surface area contributed by atoms with Crippen LogP contribution in [0.5, 0.6) is 11.6 Å². The quantitative estimate of drug-likeness (QED) is 0.383. The fraction of sp³-hybridized carbons (Fsp3) is 0.261. The van der Waals surface area contributed by atoms with Crippen LogP contribution in [0.3, 0.4) is 0 Å². The number of amides is 1. The number of non-ortho nitro benzene ring substituents is 1. The number of ether oxygens (including phenoxy) is 2. The summed E-state index contributed by atoms with van der Waals surface area (Å²) in [5.74, 6) is 0.828. The van der Waals surface area contributed by atoms with Crippen LogP contribution in [0.15, 0.2) is 54.7 Å². The molecule has 4 rings (SSSR count). The fourth-order valence-corrected chi connectivity index (χ4v) is 3.56. The first kappa shape index (κ1) is 23.7. The molecule has 0 unspecified atom stereocenters. The molecule has 2 aromatic carbocycles. The average Bonchev–Trinajstić information content (AvgIpc) is 2.85. The van der Waals surface area contributed by atoms with Gasteiger partial charge in [0.25, 0.3) is 5.69 Å². The number of nitrogens with one attached hydrogen (secondary N) is 2. The molecule has 182 valence electrons. The van der Waals surface area contributed by atoms with Gasteiger partial charge in [0.15, 0.2) is 0 Å². The number of likely N-dealkylation sites (N-methyl/N-ethyl adjacent to an activating group) is 1. The van der Waals surface area contributed by atoms with Crippen molar-refractivity contribution in [1.82, 2.24) is 14.9 Å². The lowest BCUT2D eigenvalue weighted by atomic mass is 10.2. The number of nitro benzene ring substituents is 1. The van der Waals surface area contributed by atoms with E-state index in [9.17, 15) is 14.9 Å². The summed E-state index contributed by atoms with van der Waals surface area (Å²) in [6, 6.07) is 12.8. The molecule has 1 amide bonds. The molecular weight excluding hydrogens is 454 g/mol. The Kier molecular flexibility index (Phi) is 7.21. The average molecular weight is 479 g/mol. The number of piperazine rings is 1. The van der Waals surface area contributed by atoms with Gasteiger partial charge in [0.1, 0.15) is 5.75 Å². The monoisotopic (exact) mass is 479 g/mol. The molecule has 1 fully saturated rings. The van der Waals surface area contributed by atoms with Crippen molar-refractivity contribution in [1.29, 1.82) is 0 Å². The summed E-state index contributed by atoms with van der Waals surface area (Å²) in [5.41, 5.74) is 1.80. The molecule has 1 aliphatic rings. The summed E-state index contributed by atoms with van der Waals surface area (Å²) >= 11 is 0. The molecule has 0 aliphatic carbocycles. The number of carbonyl (C=O) groups excluding carboxylic acids is 1. The van der Waals surface area contributed by atoms with Crippen molar-refractivity contribution in [3.8, 4) is 11.6 Å².